The Kier molecular flexibility index (Phi) is 5.85. The first-order valence-corrected chi connectivity index (χ1v) is 7.76. The molecule has 1 atom stereocenters. The van der Waals surface area contributed by atoms with Crippen molar-refractivity contribution < 1.29 is 4.21 Å². The van der Waals surface area contributed by atoms with Crippen molar-refractivity contribution in [2.75, 3.05) is 18.6 Å². The van der Waals surface area contributed by atoms with Crippen molar-refractivity contribution in [3.05, 3.63) is 17.5 Å². The van der Waals surface area contributed by atoms with E-state index in [0.717, 1.165) is 25.3 Å². The minimum atomic E-state index is -0.678. The van der Waals surface area contributed by atoms with Crippen molar-refractivity contribution in [1.29, 1.82) is 0 Å². The minimum Gasteiger partial charge on any atom is -0.313 e. The molecular formula is C12H23N3OS. The van der Waals surface area contributed by atoms with Crippen LogP contribution in [0.2, 0.25) is 0 Å². The topological polar surface area (TPSA) is 46.9 Å². The van der Waals surface area contributed by atoms with E-state index in [1.165, 1.54) is 11.3 Å². The van der Waals surface area contributed by atoms with Gasteiger partial charge in [-0.3, -0.25) is 8.89 Å². The molecule has 5 heteroatoms. The summed E-state index contributed by atoms with van der Waals surface area (Å²) < 4.78 is 12.8. The summed E-state index contributed by atoms with van der Waals surface area (Å²) >= 11 is 0. The van der Waals surface area contributed by atoms with Crippen LogP contribution in [0.15, 0.2) is 6.20 Å². The Morgan fingerprint density at radius 1 is 1.53 bits per heavy atom. The molecule has 1 unspecified atom stereocenters. The van der Waals surface area contributed by atoms with Crippen LogP contribution in [0, 0.1) is 0 Å². The molecule has 0 saturated carbocycles. The number of nitrogens with zero attached hydrogens (tertiary/aromatic N) is 2. The quantitative estimate of drug-likeness (QED) is 0.751. The summed E-state index contributed by atoms with van der Waals surface area (Å²) in [5.74, 6) is 1.23. The van der Waals surface area contributed by atoms with Gasteiger partial charge >= 0.3 is 0 Å². The molecular weight excluding hydrogens is 234 g/mol. The average Bonchev–Trinajstić information content (AvgIpc) is 2.59. The fraction of sp³-hybridized carbons (Fsp3) is 0.750. The largest absolute Gasteiger partial charge is 0.313 e. The van der Waals surface area contributed by atoms with Gasteiger partial charge < -0.3 is 5.32 Å². The van der Waals surface area contributed by atoms with Crippen molar-refractivity contribution >= 4 is 10.8 Å². The molecule has 0 fully saturated rings. The van der Waals surface area contributed by atoms with E-state index in [1.54, 1.807) is 6.26 Å². The van der Waals surface area contributed by atoms with Crippen LogP contribution < -0.4 is 5.32 Å². The maximum Gasteiger partial charge on any atom is 0.0694 e. The Balaban J connectivity index is 2.38. The first kappa shape index (κ1) is 14.4. The third kappa shape index (κ3) is 5.00. The molecule has 17 heavy (non-hydrogen) atoms. The molecule has 1 aromatic heterocycles. The average molecular weight is 257 g/mol. The van der Waals surface area contributed by atoms with Gasteiger partial charge in [0, 0.05) is 48.2 Å². The molecule has 98 valence electrons. The summed E-state index contributed by atoms with van der Waals surface area (Å²) in [6, 6.07) is 0. The molecule has 0 aliphatic heterocycles. The van der Waals surface area contributed by atoms with Crippen LogP contribution >= 0.6 is 0 Å². The first-order chi connectivity index (χ1) is 8.00. The molecule has 0 bridgehead atoms. The van der Waals surface area contributed by atoms with Gasteiger partial charge in [-0.2, -0.15) is 5.10 Å². The van der Waals surface area contributed by atoms with Crippen LogP contribution in [-0.2, 0) is 24.4 Å². The lowest BCUT2D eigenvalue weighted by atomic mass is 10.1. The van der Waals surface area contributed by atoms with E-state index in [2.05, 4.69) is 30.5 Å². The highest BCUT2D eigenvalue weighted by molar-refractivity contribution is 7.84. The summed E-state index contributed by atoms with van der Waals surface area (Å²) in [6.45, 7) is 6.07. The van der Waals surface area contributed by atoms with Crippen LogP contribution in [0.1, 0.15) is 37.4 Å². The molecule has 0 saturated heterocycles. The van der Waals surface area contributed by atoms with Crippen LogP contribution in [0.4, 0.5) is 0 Å². The Labute approximate surface area is 106 Å². The van der Waals surface area contributed by atoms with Crippen LogP contribution in [0.25, 0.3) is 0 Å². The number of hydrogen-bond acceptors (Lipinski definition) is 3. The van der Waals surface area contributed by atoms with E-state index >= 15 is 0 Å². The third-order valence-corrected chi connectivity index (χ3v) is 3.45. The van der Waals surface area contributed by atoms with E-state index in [-0.39, 0.29) is 0 Å². The molecule has 0 spiro atoms. The lowest BCUT2D eigenvalue weighted by molar-refractivity contribution is 0.656. The molecule has 1 N–H and O–H groups in total. The van der Waals surface area contributed by atoms with Crippen molar-refractivity contribution in [2.45, 2.75) is 32.7 Å². The van der Waals surface area contributed by atoms with Gasteiger partial charge in [0.15, 0.2) is 0 Å². The summed E-state index contributed by atoms with van der Waals surface area (Å²) in [7, 11) is 1.28. The van der Waals surface area contributed by atoms with Gasteiger partial charge in [-0.05, 0) is 18.9 Å². The molecule has 1 rings (SSSR count). The minimum absolute atomic E-state index is 0.455. The van der Waals surface area contributed by atoms with Crippen LogP contribution in [0.5, 0.6) is 0 Å². The van der Waals surface area contributed by atoms with E-state index < -0.39 is 10.8 Å². The molecule has 0 amide bonds. The zero-order chi connectivity index (χ0) is 12.8. The standard InChI is InChI=1S/C12H23N3OS/c1-10(2)12-11(9-15(3)14-12)8-13-6-5-7-17(4)16/h9-10,13H,5-8H2,1-4H3. The number of aromatic nitrogens is 2. The molecule has 0 aliphatic carbocycles. The third-order valence-electron chi connectivity index (χ3n) is 2.58. The Morgan fingerprint density at radius 3 is 2.82 bits per heavy atom. The zero-order valence-electron chi connectivity index (χ0n) is 11.2. The second-order valence-corrected chi connectivity index (χ2v) is 6.23. The van der Waals surface area contributed by atoms with Crippen molar-refractivity contribution in [1.82, 2.24) is 15.1 Å². The molecule has 1 heterocycles. The second kappa shape index (κ2) is 6.91. The molecule has 1 aromatic rings. The van der Waals surface area contributed by atoms with Gasteiger partial charge in [-0.15, -0.1) is 0 Å². The highest BCUT2D eigenvalue weighted by atomic mass is 32.2. The normalized spacial score (nSPS) is 13.2. The van der Waals surface area contributed by atoms with E-state index in [1.807, 2.05) is 11.7 Å². The fourth-order valence-electron chi connectivity index (χ4n) is 1.80. The Bertz CT molecular complexity index is 374. The van der Waals surface area contributed by atoms with Crippen molar-refractivity contribution in [2.24, 2.45) is 7.05 Å². The predicted octanol–water partition coefficient (Wildman–Crippen LogP) is 1.40. The van der Waals surface area contributed by atoms with Gasteiger partial charge in [0.05, 0.1) is 5.69 Å². The maximum absolute atomic E-state index is 10.9. The number of hydrogen-bond donors (Lipinski definition) is 1. The Hall–Kier alpha value is -0.680. The first-order valence-electron chi connectivity index (χ1n) is 6.04. The lowest BCUT2D eigenvalue weighted by Crippen LogP contribution is -2.17. The SMILES string of the molecule is CC(C)c1nn(C)cc1CNCCCS(C)=O. The molecule has 4 nitrogen and oxygen atoms in total. The van der Waals surface area contributed by atoms with Gasteiger partial charge in [-0.25, -0.2) is 0 Å². The number of aryl methyl sites for hydroxylation is 1. The fourth-order valence-corrected chi connectivity index (χ4v) is 2.35. The van der Waals surface area contributed by atoms with E-state index in [4.69, 9.17) is 0 Å². The lowest BCUT2D eigenvalue weighted by Gasteiger charge is -2.06. The molecule has 0 radical (unpaired) electrons. The summed E-state index contributed by atoms with van der Waals surface area (Å²) in [5.41, 5.74) is 2.43. The highest BCUT2D eigenvalue weighted by Crippen LogP contribution is 2.16. The van der Waals surface area contributed by atoms with E-state index in [9.17, 15) is 4.21 Å². The summed E-state index contributed by atoms with van der Waals surface area (Å²) in [6.07, 6.45) is 4.78. The summed E-state index contributed by atoms with van der Waals surface area (Å²) in [5, 5.41) is 7.84. The van der Waals surface area contributed by atoms with Gasteiger partial charge in [0.2, 0.25) is 0 Å². The number of nitrogens with one attached hydrogen (secondary N) is 1. The molecule has 0 aromatic carbocycles. The van der Waals surface area contributed by atoms with Crippen LogP contribution in [-0.4, -0.2) is 32.5 Å². The van der Waals surface area contributed by atoms with Crippen LogP contribution in [0.3, 0.4) is 0 Å². The smallest absolute Gasteiger partial charge is 0.0694 e. The predicted molar refractivity (Wildman–Crippen MR) is 72.6 cm³/mol. The van der Waals surface area contributed by atoms with Gasteiger partial charge in [0.1, 0.15) is 0 Å². The summed E-state index contributed by atoms with van der Waals surface area (Å²) in [4.78, 5) is 0. The zero-order valence-corrected chi connectivity index (χ0v) is 12.0. The van der Waals surface area contributed by atoms with Gasteiger partial charge in [0.25, 0.3) is 0 Å². The monoisotopic (exact) mass is 257 g/mol. The van der Waals surface area contributed by atoms with Crippen molar-refractivity contribution in [3.8, 4) is 0 Å². The van der Waals surface area contributed by atoms with Crippen molar-refractivity contribution in [3.63, 3.8) is 0 Å². The second-order valence-electron chi connectivity index (χ2n) is 4.68. The van der Waals surface area contributed by atoms with E-state index in [0.29, 0.717) is 5.92 Å². The van der Waals surface area contributed by atoms with Gasteiger partial charge in [-0.1, -0.05) is 13.8 Å². The maximum atomic E-state index is 10.9. The Morgan fingerprint density at radius 2 is 2.24 bits per heavy atom. The number of rotatable bonds is 7. The molecule has 0 aliphatic rings. The highest BCUT2D eigenvalue weighted by Gasteiger charge is 2.10.